The number of carbonyl (C=O) groups excluding carboxylic acids is 1. The van der Waals surface area contributed by atoms with Crippen LogP contribution in [0.25, 0.3) is 0 Å². The number of carbonyl (C=O) groups is 1. The second-order valence-corrected chi connectivity index (χ2v) is 5.48. The summed E-state index contributed by atoms with van der Waals surface area (Å²) in [4.78, 5) is 12.0. The third kappa shape index (κ3) is 3.21. The Morgan fingerprint density at radius 1 is 1.17 bits per heavy atom. The Morgan fingerprint density at radius 2 is 1.96 bits per heavy atom. The van der Waals surface area contributed by atoms with Gasteiger partial charge in [0.2, 0.25) is 6.79 Å². The van der Waals surface area contributed by atoms with Crippen LogP contribution in [0, 0.1) is 0 Å². The van der Waals surface area contributed by atoms with Crippen molar-refractivity contribution in [2.45, 2.75) is 0 Å². The van der Waals surface area contributed by atoms with Gasteiger partial charge in [0.05, 0.1) is 10.7 Å². The van der Waals surface area contributed by atoms with Crippen molar-refractivity contribution in [3.05, 3.63) is 45.9 Å². The van der Waals surface area contributed by atoms with Gasteiger partial charge in [0.15, 0.2) is 11.5 Å². The van der Waals surface area contributed by atoms with Crippen LogP contribution in [0.2, 0.25) is 0 Å². The summed E-state index contributed by atoms with van der Waals surface area (Å²) in [6, 6.07) is 7.44. The van der Waals surface area contributed by atoms with Gasteiger partial charge in [0.25, 0.3) is 5.91 Å². The summed E-state index contributed by atoms with van der Waals surface area (Å²) in [5.74, 6) is 0.401. The third-order valence-corrected chi connectivity index (χ3v) is 3.74. The van der Waals surface area contributed by atoms with Gasteiger partial charge >= 0.3 is 0 Å². The monoisotopic (exact) mass is 378 g/mol. The zero-order chi connectivity index (χ0) is 16.4. The van der Waals surface area contributed by atoms with E-state index in [2.05, 4.69) is 26.5 Å². The van der Waals surface area contributed by atoms with E-state index in [1.807, 2.05) is 0 Å². The van der Waals surface area contributed by atoms with Crippen LogP contribution in [-0.4, -0.2) is 29.1 Å². The first-order valence-electron chi connectivity index (χ1n) is 6.49. The summed E-state index contributed by atoms with van der Waals surface area (Å²) in [5, 5.41) is 22.9. The van der Waals surface area contributed by atoms with Crippen LogP contribution in [0.15, 0.2) is 39.9 Å². The largest absolute Gasteiger partial charge is 0.507 e. The minimum Gasteiger partial charge on any atom is -0.507 e. The Bertz CT molecular complexity index is 807. The SMILES string of the molecule is O=C(N/N=C/c1cc(Br)c(O)cc1O)c1ccc2c(c1)OCO2. The molecule has 3 rings (SSSR count). The maximum absolute atomic E-state index is 12.0. The first-order valence-corrected chi connectivity index (χ1v) is 7.28. The van der Waals surface area contributed by atoms with Crippen molar-refractivity contribution in [2.75, 3.05) is 6.79 Å². The number of halogens is 1. The van der Waals surface area contributed by atoms with Gasteiger partial charge in [0, 0.05) is 17.2 Å². The van der Waals surface area contributed by atoms with Crippen LogP contribution < -0.4 is 14.9 Å². The van der Waals surface area contributed by atoms with Gasteiger partial charge in [-0.15, -0.1) is 0 Å². The van der Waals surface area contributed by atoms with E-state index in [1.165, 1.54) is 18.3 Å². The lowest BCUT2D eigenvalue weighted by atomic mass is 10.2. The molecule has 0 aromatic heterocycles. The molecule has 1 aliphatic heterocycles. The molecule has 0 spiro atoms. The van der Waals surface area contributed by atoms with E-state index in [0.717, 1.165) is 0 Å². The first-order chi connectivity index (χ1) is 11.0. The Kier molecular flexibility index (Phi) is 4.07. The number of aromatic hydroxyl groups is 2. The van der Waals surface area contributed by atoms with E-state index in [-0.39, 0.29) is 18.3 Å². The molecule has 2 aromatic rings. The molecule has 0 aliphatic carbocycles. The molecule has 0 bridgehead atoms. The first kappa shape index (κ1) is 15.2. The summed E-state index contributed by atoms with van der Waals surface area (Å²) in [6.45, 7) is 0.133. The summed E-state index contributed by atoms with van der Waals surface area (Å²) in [5.41, 5.74) is 3.04. The van der Waals surface area contributed by atoms with Crippen LogP contribution in [0.5, 0.6) is 23.0 Å². The molecule has 0 unspecified atom stereocenters. The second kappa shape index (κ2) is 6.17. The number of nitrogens with one attached hydrogen (secondary N) is 1. The number of hydrogen-bond donors (Lipinski definition) is 3. The summed E-state index contributed by atoms with van der Waals surface area (Å²) in [7, 11) is 0. The van der Waals surface area contributed by atoms with Crippen molar-refractivity contribution < 1.29 is 24.5 Å². The van der Waals surface area contributed by atoms with E-state index in [9.17, 15) is 15.0 Å². The van der Waals surface area contributed by atoms with E-state index < -0.39 is 5.91 Å². The molecule has 1 aliphatic rings. The molecule has 0 saturated heterocycles. The number of phenols is 2. The molecule has 8 heteroatoms. The number of amides is 1. The van der Waals surface area contributed by atoms with Crippen molar-refractivity contribution in [1.82, 2.24) is 5.43 Å². The molecular formula is C15H11BrN2O5. The Labute approximate surface area is 139 Å². The molecule has 118 valence electrons. The highest BCUT2D eigenvalue weighted by Crippen LogP contribution is 2.32. The van der Waals surface area contributed by atoms with Gasteiger partial charge in [0.1, 0.15) is 11.5 Å². The van der Waals surface area contributed by atoms with Gasteiger partial charge in [-0.3, -0.25) is 4.79 Å². The van der Waals surface area contributed by atoms with Crippen LogP contribution in [0.1, 0.15) is 15.9 Å². The molecule has 0 radical (unpaired) electrons. The molecule has 0 saturated carbocycles. The van der Waals surface area contributed by atoms with E-state index >= 15 is 0 Å². The van der Waals surface area contributed by atoms with Crippen LogP contribution in [0.3, 0.4) is 0 Å². The average Bonchev–Trinajstić information content (AvgIpc) is 2.99. The number of hydrogen-bond acceptors (Lipinski definition) is 6. The smallest absolute Gasteiger partial charge is 0.271 e. The highest BCUT2D eigenvalue weighted by Gasteiger charge is 2.15. The quantitative estimate of drug-likeness (QED) is 0.562. The fraction of sp³-hybridized carbons (Fsp3) is 0.0667. The number of phenolic OH excluding ortho intramolecular Hbond substituents is 2. The summed E-state index contributed by atoms with van der Waals surface area (Å²) >= 11 is 3.13. The zero-order valence-electron chi connectivity index (χ0n) is 11.6. The van der Waals surface area contributed by atoms with Gasteiger partial charge in [-0.05, 0) is 40.2 Å². The zero-order valence-corrected chi connectivity index (χ0v) is 13.2. The van der Waals surface area contributed by atoms with E-state index in [0.29, 0.717) is 27.1 Å². The third-order valence-electron chi connectivity index (χ3n) is 3.10. The Morgan fingerprint density at radius 3 is 2.78 bits per heavy atom. The number of hydrazone groups is 1. The standard InChI is InChI=1S/C15H11BrN2O5/c16-10-3-9(11(19)5-12(10)20)6-17-18-15(21)8-1-2-13-14(4-8)23-7-22-13/h1-6,19-20H,7H2,(H,18,21)/b17-6+. The maximum Gasteiger partial charge on any atom is 0.271 e. The highest BCUT2D eigenvalue weighted by molar-refractivity contribution is 9.10. The summed E-state index contributed by atoms with van der Waals surface area (Å²) in [6.07, 6.45) is 1.27. The Balaban J connectivity index is 1.70. The molecule has 3 N–H and O–H groups in total. The van der Waals surface area contributed by atoms with Gasteiger partial charge in [-0.2, -0.15) is 5.10 Å². The highest BCUT2D eigenvalue weighted by atomic mass is 79.9. The topological polar surface area (TPSA) is 100 Å². The van der Waals surface area contributed by atoms with Gasteiger partial charge in [-0.25, -0.2) is 5.43 Å². The molecule has 7 nitrogen and oxygen atoms in total. The predicted octanol–water partition coefficient (Wildman–Crippen LogP) is 2.35. The second-order valence-electron chi connectivity index (χ2n) is 4.63. The number of nitrogens with zero attached hydrogens (tertiary/aromatic N) is 1. The predicted molar refractivity (Wildman–Crippen MR) is 85.1 cm³/mol. The number of fused-ring (bicyclic) bond motifs is 1. The molecule has 0 fully saturated rings. The summed E-state index contributed by atoms with van der Waals surface area (Å²) < 4.78 is 10.8. The fourth-order valence-electron chi connectivity index (χ4n) is 1.93. The molecule has 23 heavy (non-hydrogen) atoms. The van der Waals surface area contributed by atoms with Gasteiger partial charge < -0.3 is 19.7 Å². The van der Waals surface area contributed by atoms with Crippen molar-refractivity contribution in [2.24, 2.45) is 5.10 Å². The lowest BCUT2D eigenvalue weighted by Crippen LogP contribution is -2.17. The number of benzene rings is 2. The fourth-order valence-corrected chi connectivity index (χ4v) is 2.29. The number of rotatable bonds is 3. The van der Waals surface area contributed by atoms with Crippen molar-refractivity contribution >= 4 is 28.1 Å². The van der Waals surface area contributed by atoms with Crippen molar-refractivity contribution in [1.29, 1.82) is 0 Å². The average molecular weight is 379 g/mol. The van der Waals surface area contributed by atoms with Crippen molar-refractivity contribution in [3.63, 3.8) is 0 Å². The molecule has 1 heterocycles. The normalized spacial score (nSPS) is 12.6. The molecule has 2 aromatic carbocycles. The van der Waals surface area contributed by atoms with E-state index in [1.54, 1.807) is 18.2 Å². The lowest BCUT2D eigenvalue weighted by Gasteiger charge is -2.03. The van der Waals surface area contributed by atoms with E-state index in [4.69, 9.17) is 9.47 Å². The molecule has 1 amide bonds. The van der Waals surface area contributed by atoms with Crippen LogP contribution >= 0.6 is 15.9 Å². The van der Waals surface area contributed by atoms with Crippen molar-refractivity contribution in [3.8, 4) is 23.0 Å². The van der Waals surface area contributed by atoms with Gasteiger partial charge in [-0.1, -0.05) is 0 Å². The Hall–Kier alpha value is -2.74. The minimum atomic E-state index is -0.433. The van der Waals surface area contributed by atoms with Crippen LogP contribution in [-0.2, 0) is 0 Å². The minimum absolute atomic E-state index is 0.0935. The van der Waals surface area contributed by atoms with Crippen LogP contribution in [0.4, 0.5) is 0 Å². The maximum atomic E-state index is 12.0. The molecular weight excluding hydrogens is 368 g/mol. The number of ether oxygens (including phenoxy) is 2. The lowest BCUT2D eigenvalue weighted by molar-refractivity contribution is 0.0954. The molecule has 0 atom stereocenters.